The maximum Gasteiger partial charge on any atom is 0.435 e. The number of likely N-dealkylation sites (tertiary alicyclic amines) is 1. The third kappa shape index (κ3) is 4.91. The average Bonchev–Trinajstić information content (AvgIpc) is 3.37. The van der Waals surface area contributed by atoms with E-state index in [2.05, 4.69) is 0 Å². The average molecular weight is 666 g/mol. The summed E-state index contributed by atoms with van der Waals surface area (Å²) in [6.45, 7) is 1.48. The zero-order valence-electron chi connectivity index (χ0n) is 23.9. The highest BCUT2D eigenvalue weighted by Crippen LogP contribution is 2.57. The Kier molecular flexibility index (Phi) is 7.87. The normalized spacial score (nSPS) is 27.5. The first-order valence-corrected chi connectivity index (χ1v) is 15.7. The monoisotopic (exact) mass is 665 g/mol. The van der Waals surface area contributed by atoms with Crippen molar-refractivity contribution in [3.63, 3.8) is 0 Å². The Morgan fingerprint density at radius 3 is 2.00 bits per heavy atom. The van der Waals surface area contributed by atoms with E-state index in [-0.39, 0.29) is 67.5 Å². The Hall–Kier alpha value is -3.20. The van der Waals surface area contributed by atoms with Crippen LogP contribution in [0.2, 0.25) is 0 Å². The van der Waals surface area contributed by atoms with Gasteiger partial charge in [-0.3, -0.25) is 9.59 Å². The molecule has 0 spiro atoms. The SMILES string of the molecule is Cc1ccc(S(=O)(=O)[C@]23CCN(C(=O)[C@]4(O)CC[C@@H](C(=O)O)CC4)[C@H]2CCc2cc(C(F)(C(F)(F)F)C(F)(F)F)ccc23)cc1. The molecule has 2 fully saturated rings. The highest BCUT2D eigenvalue weighted by molar-refractivity contribution is 7.92. The van der Waals surface area contributed by atoms with Gasteiger partial charge in [0.05, 0.1) is 16.9 Å². The number of nitrogens with zero attached hydrogens (tertiary/aromatic N) is 1. The van der Waals surface area contributed by atoms with Crippen molar-refractivity contribution >= 4 is 21.7 Å². The summed E-state index contributed by atoms with van der Waals surface area (Å²) in [6.07, 6.45) is -13.9. The number of sulfone groups is 1. The zero-order valence-corrected chi connectivity index (χ0v) is 24.7. The van der Waals surface area contributed by atoms with Crippen molar-refractivity contribution in [2.75, 3.05) is 6.54 Å². The second-order valence-electron chi connectivity index (χ2n) is 12.2. The first-order chi connectivity index (χ1) is 20.7. The summed E-state index contributed by atoms with van der Waals surface area (Å²) in [6, 6.07) is 5.93. The van der Waals surface area contributed by atoms with E-state index in [4.69, 9.17) is 0 Å². The van der Waals surface area contributed by atoms with E-state index >= 15 is 4.39 Å². The first-order valence-electron chi connectivity index (χ1n) is 14.2. The number of carbonyl (C=O) groups is 2. The second kappa shape index (κ2) is 10.7. The fourth-order valence-electron chi connectivity index (χ4n) is 7.22. The van der Waals surface area contributed by atoms with E-state index in [1.165, 1.54) is 29.2 Å². The quantitative estimate of drug-likeness (QED) is 0.408. The fraction of sp³-hybridized carbons (Fsp3) is 0.533. The predicted octanol–water partition coefficient (Wildman–Crippen LogP) is 5.51. The number of aliphatic hydroxyl groups is 1. The highest BCUT2D eigenvalue weighted by atomic mass is 32.2. The fourth-order valence-corrected chi connectivity index (χ4v) is 9.59. The number of hydrogen-bond donors (Lipinski definition) is 2. The Balaban J connectivity index is 1.64. The molecule has 2 N–H and O–H groups in total. The summed E-state index contributed by atoms with van der Waals surface area (Å²) in [5.74, 6) is -2.68. The maximum absolute atomic E-state index is 15.0. The number of hydrogen-bond acceptors (Lipinski definition) is 5. The van der Waals surface area contributed by atoms with Crippen molar-refractivity contribution in [3.05, 3.63) is 64.7 Å². The van der Waals surface area contributed by atoms with Crippen LogP contribution >= 0.6 is 0 Å². The van der Waals surface area contributed by atoms with Gasteiger partial charge < -0.3 is 15.1 Å². The lowest BCUT2D eigenvalue weighted by atomic mass is 9.75. The molecule has 2 aliphatic carbocycles. The van der Waals surface area contributed by atoms with E-state index in [0.29, 0.717) is 17.7 Å². The third-order valence-electron chi connectivity index (χ3n) is 9.70. The van der Waals surface area contributed by atoms with Crippen molar-refractivity contribution in [2.24, 2.45) is 5.92 Å². The molecule has 2 aromatic rings. The number of benzene rings is 2. The molecular formula is C30H30F7NO6S. The van der Waals surface area contributed by atoms with Crippen LogP contribution in [-0.2, 0) is 36.3 Å². The van der Waals surface area contributed by atoms with Gasteiger partial charge in [-0.1, -0.05) is 35.9 Å². The van der Waals surface area contributed by atoms with E-state index < -0.39 is 67.6 Å². The molecule has 1 heterocycles. The van der Waals surface area contributed by atoms with Crippen LogP contribution in [0.15, 0.2) is 47.4 Å². The zero-order chi connectivity index (χ0) is 33.4. The molecule has 1 aliphatic heterocycles. The van der Waals surface area contributed by atoms with Gasteiger partial charge in [-0.15, -0.1) is 0 Å². The van der Waals surface area contributed by atoms with Crippen LogP contribution < -0.4 is 0 Å². The summed E-state index contributed by atoms with van der Waals surface area (Å²) in [4.78, 5) is 26.3. The molecule has 0 bridgehead atoms. The molecule has 0 aromatic heterocycles. The van der Waals surface area contributed by atoms with Crippen molar-refractivity contribution in [1.29, 1.82) is 0 Å². The van der Waals surface area contributed by atoms with Crippen molar-refractivity contribution in [2.45, 2.75) is 91.2 Å². The minimum Gasteiger partial charge on any atom is -0.481 e. The van der Waals surface area contributed by atoms with Crippen LogP contribution in [-0.4, -0.2) is 65.9 Å². The maximum atomic E-state index is 15.0. The predicted molar refractivity (Wildman–Crippen MR) is 144 cm³/mol. The number of rotatable bonds is 5. The molecule has 0 radical (unpaired) electrons. The van der Waals surface area contributed by atoms with Gasteiger partial charge in [0.1, 0.15) is 10.3 Å². The van der Waals surface area contributed by atoms with Crippen LogP contribution in [0.25, 0.3) is 0 Å². The van der Waals surface area contributed by atoms with Gasteiger partial charge >= 0.3 is 24.0 Å². The van der Waals surface area contributed by atoms with E-state index in [9.17, 15) is 54.6 Å². The first kappa shape index (κ1) is 33.2. The van der Waals surface area contributed by atoms with E-state index in [0.717, 1.165) is 6.07 Å². The van der Waals surface area contributed by atoms with E-state index in [1.807, 2.05) is 0 Å². The van der Waals surface area contributed by atoms with Crippen molar-refractivity contribution in [1.82, 2.24) is 4.90 Å². The summed E-state index contributed by atoms with van der Waals surface area (Å²) in [5, 5.41) is 20.6. The van der Waals surface area contributed by atoms with Gasteiger partial charge in [-0.05, 0) is 75.1 Å². The molecule has 5 rings (SSSR count). The lowest BCUT2D eigenvalue weighted by molar-refractivity contribution is -0.348. The summed E-state index contributed by atoms with van der Waals surface area (Å²) in [5.41, 5.74) is -9.12. The molecule has 1 saturated carbocycles. The topological polar surface area (TPSA) is 112 Å². The highest BCUT2D eigenvalue weighted by Gasteiger charge is 2.74. The number of amides is 1. The number of alkyl halides is 7. The standard InChI is InChI=1S/C30H30F7NO6S/c1-17-2-6-21(7-3-17)45(43,44)27-14-15-38(25(41)26(42)12-10-18(11-13-26)24(39)40)23(27)9-4-19-16-20(5-8-22(19)27)28(31,29(32,33)34)30(35,36)37/h2-3,5-8,16,18,23,42H,4,9-15H2,1H3,(H,39,40)/t18-,23-,26+,27-/m0/s1. The van der Waals surface area contributed by atoms with Gasteiger partial charge in [0, 0.05) is 12.1 Å². The number of carboxylic acid groups (broad SMARTS) is 1. The minimum atomic E-state index is -6.37. The number of fused-ring (bicyclic) bond motifs is 3. The lowest BCUT2D eigenvalue weighted by Crippen LogP contribution is -2.57. The van der Waals surface area contributed by atoms with E-state index in [1.54, 1.807) is 6.92 Å². The molecule has 45 heavy (non-hydrogen) atoms. The number of carboxylic acids is 1. The number of halogens is 7. The van der Waals surface area contributed by atoms with Gasteiger partial charge in [0.25, 0.3) is 5.91 Å². The number of carbonyl (C=O) groups excluding carboxylic acids is 1. The van der Waals surface area contributed by atoms with Crippen LogP contribution in [0.1, 0.15) is 60.8 Å². The Morgan fingerprint density at radius 2 is 1.47 bits per heavy atom. The van der Waals surface area contributed by atoms with Crippen molar-refractivity contribution < 1.29 is 59.0 Å². The second-order valence-corrected chi connectivity index (χ2v) is 14.4. The van der Waals surface area contributed by atoms with Crippen LogP contribution in [0, 0.1) is 12.8 Å². The molecule has 7 nitrogen and oxygen atoms in total. The number of aryl methyl sites for hydroxylation is 2. The molecule has 1 saturated heterocycles. The summed E-state index contributed by atoms with van der Waals surface area (Å²) in [7, 11) is -4.52. The molecule has 0 unspecified atom stereocenters. The molecule has 15 heteroatoms. The smallest absolute Gasteiger partial charge is 0.435 e. The Bertz CT molecular complexity index is 1600. The molecule has 246 valence electrons. The molecule has 1 amide bonds. The Morgan fingerprint density at radius 1 is 0.889 bits per heavy atom. The molecule has 3 aliphatic rings. The molecule has 2 atom stereocenters. The lowest BCUT2D eigenvalue weighted by Gasteiger charge is -2.45. The van der Waals surface area contributed by atoms with Crippen LogP contribution in [0.5, 0.6) is 0 Å². The van der Waals surface area contributed by atoms with Crippen LogP contribution in [0.3, 0.4) is 0 Å². The van der Waals surface area contributed by atoms with Crippen LogP contribution in [0.4, 0.5) is 30.7 Å². The third-order valence-corrected chi connectivity index (χ3v) is 12.2. The van der Waals surface area contributed by atoms with Gasteiger partial charge in [0.2, 0.25) is 0 Å². The van der Waals surface area contributed by atoms with Gasteiger partial charge in [0.15, 0.2) is 9.84 Å². The molecular weight excluding hydrogens is 635 g/mol. The van der Waals surface area contributed by atoms with Crippen molar-refractivity contribution in [3.8, 4) is 0 Å². The Labute approximate surface area is 253 Å². The summed E-state index contributed by atoms with van der Waals surface area (Å²) >= 11 is 0. The summed E-state index contributed by atoms with van der Waals surface area (Å²) < 4.78 is 123. The molecule has 2 aromatic carbocycles. The largest absolute Gasteiger partial charge is 0.481 e. The van der Waals surface area contributed by atoms with Gasteiger partial charge in [-0.25, -0.2) is 12.8 Å². The van der Waals surface area contributed by atoms with Gasteiger partial charge in [-0.2, -0.15) is 26.3 Å². The minimum absolute atomic E-state index is 0.00209. The number of aliphatic carboxylic acids is 1.